The number of nitrogens with zero attached hydrogens (tertiary/aromatic N) is 1. The van der Waals surface area contributed by atoms with Crippen molar-refractivity contribution in [2.45, 2.75) is 18.2 Å². The van der Waals surface area contributed by atoms with Crippen LogP contribution in [0.25, 0.3) is 0 Å². The highest BCUT2D eigenvalue weighted by molar-refractivity contribution is 7.90. The van der Waals surface area contributed by atoms with Gasteiger partial charge < -0.3 is 9.64 Å². The van der Waals surface area contributed by atoms with Gasteiger partial charge in [-0.05, 0) is 42.2 Å². The lowest BCUT2D eigenvalue weighted by Crippen LogP contribution is -2.39. The van der Waals surface area contributed by atoms with Crippen molar-refractivity contribution in [1.29, 1.82) is 0 Å². The molecule has 0 bridgehead atoms. The van der Waals surface area contributed by atoms with Crippen LogP contribution in [0, 0.1) is 5.92 Å². The molecule has 1 heterocycles. The second-order valence-corrected chi connectivity index (χ2v) is 8.48. The number of sulfone groups is 1. The number of hydrogen-bond donors (Lipinski definition) is 0. The number of ether oxygens (including phenoxy) is 1. The van der Waals surface area contributed by atoms with Crippen LogP contribution in [0.2, 0.25) is 0 Å². The summed E-state index contributed by atoms with van der Waals surface area (Å²) in [5.74, 6) is 0.379. The van der Waals surface area contributed by atoms with E-state index in [-0.39, 0.29) is 16.6 Å². The molecule has 0 radical (unpaired) electrons. The molecule has 5 nitrogen and oxygen atoms in total. The summed E-state index contributed by atoms with van der Waals surface area (Å²) in [7, 11) is -2.09. The highest BCUT2D eigenvalue weighted by Crippen LogP contribution is 2.32. The minimum atomic E-state index is -3.50. The van der Waals surface area contributed by atoms with E-state index in [1.165, 1.54) is 19.2 Å². The molecule has 0 N–H and O–H groups in total. The molecule has 2 aromatic rings. The lowest BCUT2D eigenvalue weighted by molar-refractivity contribution is 0.0980. The number of anilines is 1. The topological polar surface area (TPSA) is 63.7 Å². The first-order valence-electron chi connectivity index (χ1n) is 8.09. The van der Waals surface area contributed by atoms with Gasteiger partial charge in [-0.3, -0.25) is 4.79 Å². The molecule has 132 valence electrons. The number of amides is 1. The fraction of sp³-hybridized carbons (Fsp3) is 0.316. The van der Waals surface area contributed by atoms with E-state index in [1.807, 2.05) is 24.3 Å². The van der Waals surface area contributed by atoms with Gasteiger partial charge in [0.05, 0.1) is 7.11 Å². The van der Waals surface area contributed by atoms with Crippen LogP contribution in [0.1, 0.15) is 22.8 Å². The second kappa shape index (κ2) is 6.52. The van der Waals surface area contributed by atoms with E-state index in [2.05, 4.69) is 6.92 Å². The van der Waals surface area contributed by atoms with Crippen LogP contribution in [-0.2, 0) is 16.3 Å². The minimum absolute atomic E-state index is 0.0270. The Balaban J connectivity index is 2.05. The number of para-hydroxylation sites is 1. The molecule has 6 heteroatoms. The molecule has 0 aromatic heterocycles. The SMILES string of the molecule is COc1ccc(C(=O)N2CC(C)Cc3ccccc32)cc1S(C)(=O)=O. The number of methoxy groups -OCH3 is 1. The van der Waals surface area contributed by atoms with Crippen LogP contribution >= 0.6 is 0 Å². The van der Waals surface area contributed by atoms with Gasteiger partial charge in [0.2, 0.25) is 0 Å². The normalized spacial score (nSPS) is 17.1. The molecule has 0 fully saturated rings. The first-order valence-corrected chi connectivity index (χ1v) is 9.98. The summed E-state index contributed by atoms with van der Waals surface area (Å²) in [5.41, 5.74) is 2.36. The van der Waals surface area contributed by atoms with E-state index in [0.29, 0.717) is 18.0 Å². The first kappa shape index (κ1) is 17.5. The van der Waals surface area contributed by atoms with Crippen LogP contribution in [0.15, 0.2) is 47.4 Å². The maximum atomic E-state index is 13.1. The quantitative estimate of drug-likeness (QED) is 0.845. The van der Waals surface area contributed by atoms with Crippen molar-refractivity contribution < 1.29 is 17.9 Å². The summed E-state index contributed by atoms with van der Waals surface area (Å²) in [4.78, 5) is 14.8. The third kappa shape index (κ3) is 3.39. The van der Waals surface area contributed by atoms with Crippen LogP contribution < -0.4 is 9.64 Å². The molecule has 0 saturated carbocycles. The Labute approximate surface area is 148 Å². The number of carbonyl (C=O) groups is 1. The second-order valence-electron chi connectivity index (χ2n) is 6.49. The lowest BCUT2D eigenvalue weighted by Gasteiger charge is -2.33. The van der Waals surface area contributed by atoms with Crippen molar-refractivity contribution in [2.24, 2.45) is 5.92 Å². The number of hydrogen-bond acceptors (Lipinski definition) is 4. The Morgan fingerprint density at radius 3 is 2.60 bits per heavy atom. The van der Waals surface area contributed by atoms with Crippen LogP contribution in [0.3, 0.4) is 0 Å². The standard InChI is InChI=1S/C19H21NO4S/c1-13-10-14-6-4-5-7-16(14)20(12-13)19(21)15-8-9-17(24-2)18(11-15)25(3,22)23/h4-9,11,13H,10,12H2,1-3H3. The number of benzene rings is 2. The monoisotopic (exact) mass is 359 g/mol. The zero-order valence-electron chi connectivity index (χ0n) is 14.5. The van der Waals surface area contributed by atoms with Gasteiger partial charge in [0.25, 0.3) is 5.91 Å². The smallest absolute Gasteiger partial charge is 0.258 e. The van der Waals surface area contributed by atoms with Crippen LogP contribution in [-0.4, -0.2) is 34.2 Å². The maximum absolute atomic E-state index is 13.1. The summed E-state index contributed by atoms with van der Waals surface area (Å²) in [5, 5.41) is 0. The first-order chi connectivity index (χ1) is 11.8. The average molecular weight is 359 g/mol. The summed E-state index contributed by atoms with van der Waals surface area (Å²) in [6.45, 7) is 2.71. The number of fused-ring (bicyclic) bond motifs is 1. The Kier molecular flexibility index (Phi) is 4.56. The molecule has 1 aliphatic heterocycles. The van der Waals surface area contributed by atoms with E-state index in [9.17, 15) is 13.2 Å². The molecule has 1 atom stereocenters. The van der Waals surface area contributed by atoms with E-state index in [0.717, 1.165) is 23.9 Å². The Hall–Kier alpha value is -2.34. The summed E-state index contributed by atoms with van der Waals surface area (Å²) < 4.78 is 29.1. The third-order valence-electron chi connectivity index (χ3n) is 4.40. The van der Waals surface area contributed by atoms with Crippen molar-refractivity contribution in [2.75, 3.05) is 24.8 Å². The van der Waals surface area contributed by atoms with Gasteiger partial charge in [-0.1, -0.05) is 25.1 Å². The zero-order valence-corrected chi connectivity index (χ0v) is 15.3. The lowest BCUT2D eigenvalue weighted by atomic mass is 9.93. The van der Waals surface area contributed by atoms with Crippen molar-refractivity contribution in [1.82, 2.24) is 0 Å². The molecular formula is C19H21NO4S. The van der Waals surface area contributed by atoms with Crippen molar-refractivity contribution in [3.63, 3.8) is 0 Å². The van der Waals surface area contributed by atoms with Gasteiger partial charge in [0.15, 0.2) is 9.84 Å². The highest BCUT2D eigenvalue weighted by Gasteiger charge is 2.28. The van der Waals surface area contributed by atoms with Crippen molar-refractivity contribution in [3.05, 3.63) is 53.6 Å². The molecule has 25 heavy (non-hydrogen) atoms. The van der Waals surface area contributed by atoms with E-state index >= 15 is 0 Å². The fourth-order valence-corrected chi connectivity index (χ4v) is 4.10. The molecule has 2 aromatic carbocycles. The predicted octanol–water partition coefficient (Wildman–Crippen LogP) is 2.94. The Morgan fingerprint density at radius 2 is 1.92 bits per heavy atom. The predicted molar refractivity (Wildman–Crippen MR) is 97.1 cm³/mol. The van der Waals surface area contributed by atoms with Crippen molar-refractivity contribution in [3.8, 4) is 5.75 Å². The summed E-state index contributed by atoms with van der Waals surface area (Å²) in [6, 6.07) is 12.4. The van der Waals surface area contributed by atoms with Gasteiger partial charge >= 0.3 is 0 Å². The Morgan fingerprint density at radius 1 is 1.20 bits per heavy atom. The zero-order chi connectivity index (χ0) is 18.2. The summed E-state index contributed by atoms with van der Waals surface area (Å²) in [6.07, 6.45) is 2.04. The van der Waals surface area contributed by atoms with Gasteiger partial charge in [0, 0.05) is 24.1 Å². The average Bonchev–Trinajstić information content (AvgIpc) is 2.59. The van der Waals surface area contributed by atoms with Gasteiger partial charge in [-0.15, -0.1) is 0 Å². The molecule has 3 rings (SSSR count). The van der Waals surface area contributed by atoms with E-state index in [1.54, 1.807) is 11.0 Å². The van der Waals surface area contributed by atoms with E-state index < -0.39 is 9.84 Å². The van der Waals surface area contributed by atoms with Gasteiger partial charge in [-0.25, -0.2) is 8.42 Å². The maximum Gasteiger partial charge on any atom is 0.258 e. The third-order valence-corrected chi connectivity index (χ3v) is 5.52. The molecule has 0 aliphatic carbocycles. The van der Waals surface area contributed by atoms with Crippen LogP contribution in [0.5, 0.6) is 5.75 Å². The molecule has 1 unspecified atom stereocenters. The largest absolute Gasteiger partial charge is 0.495 e. The van der Waals surface area contributed by atoms with Gasteiger partial charge in [0.1, 0.15) is 10.6 Å². The van der Waals surface area contributed by atoms with Gasteiger partial charge in [-0.2, -0.15) is 0 Å². The Bertz CT molecular complexity index is 921. The number of rotatable bonds is 3. The summed E-state index contributed by atoms with van der Waals surface area (Å²) >= 11 is 0. The molecule has 0 spiro atoms. The van der Waals surface area contributed by atoms with Crippen LogP contribution in [0.4, 0.5) is 5.69 Å². The molecule has 1 aliphatic rings. The fourth-order valence-electron chi connectivity index (χ4n) is 3.24. The van der Waals surface area contributed by atoms with E-state index in [4.69, 9.17) is 4.74 Å². The molecule has 0 saturated heterocycles. The molecular weight excluding hydrogens is 338 g/mol. The minimum Gasteiger partial charge on any atom is -0.495 e. The highest BCUT2D eigenvalue weighted by atomic mass is 32.2. The number of carbonyl (C=O) groups excluding carboxylic acids is 1. The van der Waals surface area contributed by atoms with Crippen molar-refractivity contribution >= 4 is 21.4 Å². The molecule has 1 amide bonds.